The molecule has 1 N–H and O–H groups in total. The van der Waals surface area contributed by atoms with Crippen LogP contribution in [0.25, 0.3) is 0 Å². The first-order valence-corrected chi connectivity index (χ1v) is 8.28. The van der Waals surface area contributed by atoms with Crippen molar-refractivity contribution in [2.24, 2.45) is 5.92 Å². The van der Waals surface area contributed by atoms with E-state index in [4.69, 9.17) is 5.26 Å². The van der Waals surface area contributed by atoms with E-state index < -0.39 is 0 Å². The van der Waals surface area contributed by atoms with E-state index in [9.17, 15) is 4.79 Å². The molecule has 0 saturated heterocycles. The van der Waals surface area contributed by atoms with Crippen molar-refractivity contribution in [1.29, 1.82) is 5.26 Å². The van der Waals surface area contributed by atoms with Gasteiger partial charge in [-0.15, -0.1) is 0 Å². The number of hydrogen-bond acceptors (Lipinski definition) is 2. The zero-order valence-corrected chi connectivity index (χ0v) is 13.7. The lowest BCUT2D eigenvalue weighted by Crippen LogP contribution is -2.46. The number of anilines is 1. The van der Waals surface area contributed by atoms with Gasteiger partial charge in [-0.05, 0) is 55.4 Å². The molecule has 3 rings (SSSR count). The third kappa shape index (κ3) is 3.41. The second kappa shape index (κ2) is 7.31. The summed E-state index contributed by atoms with van der Waals surface area (Å²) in [5, 5.41) is 11.9. The zero-order valence-electron chi connectivity index (χ0n) is 13.7. The molecule has 1 saturated carbocycles. The van der Waals surface area contributed by atoms with E-state index in [1.165, 1.54) is 12.8 Å². The summed E-state index contributed by atoms with van der Waals surface area (Å²) in [6.07, 6.45) is 4.56. The van der Waals surface area contributed by atoms with E-state index in [0.717, 1.165) is 30.0 Å². The highest BCUT2D eigenvalue weighted by atomic mass is 16.2. The van der Waals surface area contributed by atoms with E-state index >= 15 is 0 Å². The molecule has 4 heteroatoms. The van der Waals surface area contributed by atoms with Gasteiger partial charge >= 0.3 is 6.03 Å². The molecule has 0 spiro atoms. The topological polar surface area (TPSA) is 56.1 Å². The van der Waals surface area contributed by atoms with Crippen LogP contribution in [0, 0.1) is 17.2 Å². The van der Waals surface area contributed by atoms with Gasteiger partial charge in [-0.1, -0.05) is 20.8 Å². The van der Waals surface area contributed by atoms with Crippen molar-refractivity contribution in [2.75, 3.05) is 5.32 Å². The summed E-state index contributed by atoms with van der Waals surface area (Å²) in [5.74, 6) is 0.775. The molecule has 1 heterocycles. The number of fused-ring (bicyclic) bond motifs is 1. The first kappa shape index (κ1) is 16.4. The number of nitriles is 1. The van der Waals surface area contributed by atoms with E-state index in [0.29, 0.717) is 18.2 Å². The fraction of sp³-hybridized carbons (Fsp3) is 0.556. The van der Waals surface area contributed by atoms with Gasteiger partial charge in [0.25, 0.3) is 0 Å². The zero-order chi connectivity index (χ0) is 16.1. The summed E-state index contributed by atoms with van der Waals surface area (Å²) >= 11 is 0. The molecule has 0 unspecified atom stereocenters. The van der Waals surface area contributed by atoms with Crippen LogP contribution in [0.1, 0.15) is 57.6 Å². The molecule has 118 valence electrons. The van der Waals surface area contributed by atoms with Crippen LogP contribution in [-0.2, 0) is 6.54 Å². The Balaban J connectivity index is 0.000000847. The summed E-state index contributed by atoms with van der Waals surface area (Å²) in [5.41, 5.74) is 2.54. The molecule has 1 aromatic rings. The van der Waals surface area contributed by atoms with Crippen LogP contribution in [0.15, 0.2) is 18.2 Å². The number of hydrogen-bond donors (Lipinski definition) is 1. The molecular formula is C18H25N3O. The highest BCUT2D eigenvalue weighted by molar-refractivity contribution is 5.92. The number of carbonyl (C=O) groups excluding carboxylic acids is 1. The molecule has 2 amide bonds. The van der Waals surface area contributed by atoms with Gasteiger partial charge in [-0.2, -0.15) is 5.26 Å². The van der Waals surface area contributed by atoms with Crippen molar-refractivity contribution in [3.63, 3.8) is 0 Å². The van der Waals surface area contributed by atoms with E-state index in [1.54, 1.807) is 6.07 Å². The molecule has 1 aliphatic carbocycles. The van der Waals surface area contributed by atoms with E-state index in [1.807, 2.05) is 30.9 Å². The minimum Gasteiger partial charge on any atom is -0.317 e. The SMILES string of the molecule is CC.CC1CCC(N2Cc3cc(C#N)ccc3NC2=O)CC1. The average molecular weight is 299 g/mol. The summed E-state index contributed by atoms with van der Waals surface area (Å²) in [6, 6.07) is 7.95. The molecule has 4 nitrogen and oxygen atoms in total. The Morgan fingerprint density at radius 2 is 1.91 bits per heavy atom. The third-order valence-electron chi connectivity index (χ3n) is 4.50. The summed E-state index contributed by atoms with van der Waals surface area (Å²) in [4.78, 5) is 14.2. The van der Waals surface area contributed by atoms with Gasteiger partial charge in [0.15, 0.2) is 0 Å². The lowest BCUT2D eigenvalue weighted by Gasteiger charge is -2.39. The van der Waals surface area contributed by atoms with Gasteiger partial charge in [0.2, 0.25) is 0 Å². The van der Waals surface area contributed by atoms with E-state index in [2.05, 4.69) is 18.3 Å². The molecule has 0 atom stereocenters. The first-order valence-electron chi connectivity index (χ1n) is 8.28. The van der Waals surface area contributed by atoms with Crippen molar-refractivity contribution in [1.82, 2.24) is 4.90 Å². The van der Waals surface area contributed by atoms with Crippen LogP contribution in [-0.4, -0.2) is 17.0 Å². The molecule has 1 aliphatic heterocycles. The molecular weight excluding hydrogens is 274 g/mol. The number of rotatable bonds is 1. The minimum absolute atomic E-state index is 0.00163. The highest BCUT2D eigenvalue weighted by Crippen LogP contribution is 2.32. The Hall–Kier alpha value is -2.02. The lowest BCUT2D eigenvalue weighted by atomic mass is 9.86. The number of carbonyl (C=O) groups is 1. The van der Waals surface area contributed by atoms with Crippen LogP contribution in [0.3, 0.4) is 0 Å². The Morgan fingerprint density at radius 1 is 1.23 bits per heavy atom. The van der Waals surface area contributed by atoms with Gasteiger partial charge in [0, 0.05) is 18.3 Å². The number of urea groups is 1. The number of nitrogens with one attached hydrogen (secondary N) is 1. The van der Waals surface area contributed by atoms with E-state index in [-0.39, 0.29) is 6.03 Å². The van der Waals surface area contributed by atoms with Crippen molar-refractivity contribution in [2.45, 2.75) is 59.0 Å². The third-order valence-corrected chi connectivity index (χ3v) is 4.50. The molecule has 0 aromatic heterocycles. The van der Waals surface area contributed by atoms with Crippen molar-refractivity contribution in [3.8, 4) is 6.07 Å². The minimum atomic E-state index is 0.00163. The van der Waals surface area contributed by atoms with Gasteiger partial charge < -0.3 is 10.2 Å². The fourth-order valence-electron chi connectivity index (χ4n) is 3.21. The maximum atomic E-state index is 12.2. The van der Waals surface area contributed by atoms with Crippen molar-refractivity contribution >= 4 is 11.7 Å². The van der Waals surface area contributed by atoms with Gasteiger partial charge in [0.05, 0.1) is 11.6 Å². The molecule has 2 aliphatic rings. The van der Waals surface area contributed by atoms with Gasteiger partial charge in [-0.25, -0.2) is 4.79 Å². The van der Waals surface area contributed by atoms with Gasteiger partial charge in [0.1, 0.15) is 0 Å². The van der Waals surface area contributed by atoms with Gasteiger partial charge in [-0.3, -0.25) is 0 Å². The number of benzene rings is 1. The van der Waals surface area contributed by atoms with Crippen LogP contribution < -0.4 is 5.32 Å². The second-order valence-electron chi connectivity index (χ2n) is 5.96. The largest absolute Gasteiger partial charge is 0.322 e. The number of amides is 2. The Bertz CT molecular complexity index is 568. The smallest absolute Gasteiger partial charge is 0.317 e. The molecule has 0 radical (unpaired) electrons. The van der Waals surface area contributed by atoms with Crippen LogP contribution >= 0.6 is 0 Å². The predicted molar refractivity (Wildman–Crippen MR) is 88.5 cm³/mol. The summed E-state index contributed by atoms with van der Waals surface area (Å²) in [6.45, 7) is 6.90. The normalized spacial score (nSPS) is 23.5. The molecule has 0 bridgehead atoms. The van der Waals surface area contributed by atoms with Crippen LogP contribution in [0.2, 0.25) is 0 Å². The van der Waals surface area contributed by atoms with Crippen LogP contribution in [0.4, 0.5) is 10.5 Å². The maximum Gasteiger partial charge on any atom is 0.322 e. The molecule has 1 fully saturated rings. The maximum absolute atomic E-state index is 12.2. The Morgan fingerprint density at radius 3 is 2.55 bits per heavy atom. The summed E-state index contributed by atoms with van der Waals surface area (Å²) < 4.78 is 0. The first-order chi connectivity index (χ1) is 10.7. The molecule has 22 heavy (non-hydrogen) atoms. The Kier molecular flexibility index (Phi) is 5.43. The standard InChI is InChI=1S/C16H19N3O.C2H6/c1-11-2-5-14(6-3-11)19-10-13-8-12(9-17)4-7-15(13)18-16(19)20;1-2/h4,7-8,11,14H,2-3,5-6,10H2,1H3,(H,18,20);1-2H3. The predicted octanol–water partition coefficient (Wildman–Crippen LogP) is 4.51. The van der Waals surface area contributed by atoms with Crippen molar-refractivity contribution < 1.29 is 4.79 Å². The van der Waals surface area contributed by atoms with Crippen molar-refractivity contribution in [3.05, 3.63) is 29.3 Å². The fourth-order valence-corrected chi connectivity index (χ4v) is 3.21. The summed E-state index contributed by atoms with van der Waals surface area (Å²) in [7, 11) is 0. The average Bonchev–Trinajstić information content (AvgIpc) is 2.56. The second-order valence-corrected chi connectivity index (χ2v) is 5.96. The monoisotopic (exact) mass is 299 g/mol. The number of nitrogens with zero attached hydrogens (tertiary/aromatic N) is 2. The quantitative estimate of drug-likeness (QED) is 0.829. The lowest BCUT2D eigenvalue weighted by molar-refractivity contribution is 0.149. The molecule has 1 aromatic carbocycles. The highest BCUT2D eigenvalue weighted by Gasteiger charge is 2.31. The Labute approximate surface area is 133 Å². The van der Waals surface area contributed by atoms with Crippen LogP contribution in [0.5, 0.6) is 0 Å².